The maximum atomic E-state index is 14.0. The van der Waals surface area contributed by atoms with E-state index >= 15 is 0 Å². The standard InChI is InChI=1S/C22H23F2NO2/c1-15(22(27)16-6-3-2-4-7-16)10-11-21(26)25-14-19(24)13-20(25)17-8-5-9-18(23)12-17/h2-9,12,19-20,22,27H,1,10-11,13-14H2. The second kappa shape index (κ2) is 8.44. The van der Waals surface area contributed by atoms with Gasteiger partial charge in [-0.2, -0.15) is 0 Å². The molecule has 3 rings (SSSR count). The Morgan fingerprint density at radius 3 is 2.63 bits per heavy atom. The SMILES string of the molecule is C=C(CCC(=O)N1CC(F)CC1c1cccc(F)c1)C(O)c1ccccc1. The molecule has 2 aromatic carbocycles. The van der Waals surface area contributed by atoms with Crippen LogP contribution in [0.5, 0.6) is 0 Å². The largest absolute Gasteiger partial charge is 0.384 e. The summed E-state index contributed by atoms with van der Waals surface area (Å²) in [5.41, 5.74) is 1.86. The molecule has 3 unspecified atom stereocenters. The average molecular weight is 371 g/mol. The number of aliphatic hydroxyl groups excluding tert-OH is 1. The lowest BCUT2D eigenvalue weighted by Gasteiger charge is -2.25. The fourth-order valence-electron chi connectivity index (χ4n) is 3.51. The number of nitrogens with zero attached hydrogens (tertiary/aromatic N) is 1. The van der Waals surface area contributed by atoms with Crippen LogP contribution in [0.1, 0.15) is 42.5 Å². The van der Waals surface area contributed by atoms with E-state index in [1.54, 1.807) is 24.3 Å². The van der Waals surface area contributed by atoms with Crippen LogP contribution >= 0.6 is 0 Å². The van der Waals surface area contributed by atoms with Gasteiger partial charge in [0.1, 0.15) is 12.0 Å². The number of aliphatic hydroxyl groups is 1. The van der Waals surface area contributed by atoms with E-state index in [0.717, 1.165) is 5.56 Å². The van der Waals surface area contributed by atoms with Crippen molar-refractivity contribution in [2.45, 2.75) is 37.6 Å². The molecule has 1 fully saturated rings. The number of hydrogen-bond donors (Lipinski definition) is 1. The summed E-state index contributed by atoms with van der Waals surface area (Å²) in [5.74, 6) is -0.618. The number of likely N-dealkylation sites (tertiary alicyclic amines) is 1. The van der Waals surface area contributed by atoms with Crippen LogP contribution in [0.25, 0.3) is 0 Å². The Balaban J connectivity index is 1.63. The van der Waals surface area contributed by atoms with Crippen molar-refractivity contribution >= 4 is 5.91 Å². The Hall–Kier alpha value is -2.53. The van der Waals surface area contributed by atoms with Gasteiger partial charge in [-0.3, -0.25) is 4.79 Å². The van der Waals surface area contributed by atoms with Crippen LogP contribution in [0.4, 0.5) is 8.78 Å². The second-order valence-electron chi connectivity index (χ2n) is 6.92. The first kappa shape index (κ1) is 19.2. The van der Waals surface area contributed by atoms with E-state index in [9.17, 15) is 18.7 Å². The molecule has 0 aliphatic carbocycles. The average Bonchev–Trinajstić information content (AvgIpc) is 3.08. The molecule has 3 atom stereocenters. The third-order valence-electron chi connectivity index (χ3n) is 4.97. The molecule has 0 saturated carbocycles. The van der Waals surface area contributed by atoms with Crippen molar-refractivity contribution in [3.8, 4) is 0 Å². The molecule has 1 heterocycles. The molecule has 1 aliphatic rings. The van der Waals surface area contributed by atoms with Gasteiger partial charge in [-0.05, 0) is 35.3 Å². The second-order valence-corrected chi connectivity index (χ2v) is 6.92. The molecule has 0 radical (unpaired) electrons. The summed E-state index contributed by atoms with van der Waals surface area (Å²) in [4.78, 5) is 14.1. The van der Waals surface area contributed by atoms with Gasteiger partial charge in [0.05, 0.1) is 18.7 Å². The normalized spacial score (nSPS) is 20.5. The van der Waals surface area contributed by atoms with E-state index in [4.69, 9.17) is 0 Å². The zero-order valence-electron chi connectivity index (χ0n) is 15.0. The summed E-state index contributed by atoms with van der Waals surface area (Å²) in [5, 5.41) is 10.3. The number of hydrogen-bond acceptors (Lipinski definition) is 2. The van der Waals surface area contributed by atoms with Crippen LogP contribution in [0.3, 0.4) is 0 Å². The molecule has 1 N–H and O–H groups in total. The monoisotopic (exact) mass is 371 g/mol. The van der Waals surface area contributed by atoms with Crippen LogP contribution in [-0.4, -0.2) is 28.6 Å². The molecule has 2 aromatic rings. The smallest absolute Gasteiger partial charge is 0.223 e. The number of amides is 1. The van der Waals surface area contributed by atoms with E-state index < -0.39 is 24.1 Å². The number of alkyl halides is 1. The van der Waals surface area contributed by atoms with Gasteiger partial charge in [0, 0.05) is 12.8 Å². The fourth-order valence-corrected chi connectivity index (χ4v) is 3.51. The zero-order valence-corrected chi connectivity index (χ0v) is 15.0. The molecule has 5 heteroatoms. The van der Waals surface area contributed by atoms with E-state index in [2.05, 4.69) is 6.58 Å². The van der Waals surface area contributed by atoms with Crippen LogP contribution in [-0.2, 0) is 4.79 Å². The highest BCUT2D eigenvalue weighted by molar-refractivity contribution is 5.77. The zero-order chi connectivity index (χ0) is 19.4. The van der Waals surface area contributed by atoms with Crippen LogP contribution in [0.15, 0.2) is 66.7 Å². The van der Waals surface area contributed by atoms with Gasteiger partial charge in [-0.25, -0.2) is 8.78 Å². The van der Waals surface area contributed by atoms with Crippen molar-refractivity contribution in [3.05, 3.63) is 83.7 Å². The molecule has 27 heavy (non-hydrogen) atoms. The molecule has 3 nitrogen and oxygen atoms in total. The van der Waals surface area contributed by atoms with Gasteiger partial charge in [-0.1, -0.05) is 49.0 Å². The van der Waals surface area contributed by atoms with Crippen molar-refractivity contribution < 1.29 is 18.7 Å². The first-order valence-electron chi connectivity index (χ1n) is 9.05. The van der Waals surface area contributed by atoms with Crippen LogP contribution in [0.2, 0.25) is 0 Å². The molecular formula is C22H23F2NO2. The highest BCUT2D eigenvalue weighted by atomic mass is 19.1. The van der Waals surface area contributed by atoms with Crippen LogP contribution < -0.4 is 0 Å². The molecule has 0 aromatic heterocycles. The molecule has 0 bridgehead atoms. The number of benzene rings is 2. The summed E-state index contributed by atoms with van der Waals surface area (Å²) in [7, 11) is 0. The molecule has 0 spiro atoms. The van der Waals surface area contributed by atoms with Gasteiger partial charge in [-0.15, -0.1) is 0 Å². The first-order valence-corrected chi connectivity index (χ1v) is 9.05. The number of carbonyl (C=O) groups is 1. The summed E-state index contributed by atoms with van der Waals surface area (Å²) < 4.78 is 27.5. The molecule has 1 aliphatic heterocycles. The lowest BCUT2D eigenvalue weighted by Crippen LogP contribution is -2.31. The topological polar surface area (TPSA) is 40.5 Å². The summed E-state index contributed by atoms with van der Waals surface area (Å²) >= 11 is 0. The van der Waals surface area contributed by atoms with E-state index in [0.29, 0.717) is 17.6 Å². The Labute approximate surface area is 157 Å². The summed E-state index contributed by atoms with van der Waals surface area (Å²) in [6, 6.07) is 14.6. The van der Waals surface area contributed by atoms with E-state index in [-0.39, 0.29) is 25.3 Å². The minimum absolute atomic E-state index is 0.00767. The number of rotatable bonds is 6. The Morgan fingerprint density at radius 1 is 1.19 bits per heavy atom. The minimum Gasteiger partial charge on any atom is -0.384 e. The number of halogens is 2. The Kier molecular flexibility index (Phi) is 6.01. The van der Waals surface area contributed by atoms with Gasteiger partial charge < -0.3 is 10.0 Å². The van der Waals surface area contributed by atoms with Crippen molar-refractivity contribution in [3.63, 3.8) is 0 Å². The third-order valence-corrected chi connectivity index (χ3v) is 4.97. The first-order chi connectivity index (χ1) is 13.0. The third kappa shape index (κ3) is 4.61. The highest BCUT2D eigenvalue weighted by Gasteiger charge is 2.36. The van der Waals surface area contributed by atoms with Crippen LogP contribution in [0, 0.1) is 5.82 Å². The van der Waals surface area contributed by atoms with Crippen molar-refractivity contribution in [2.75, 3.05) is 6.54 Å². The van der Waals surface area contributed by atoms with Gasteiger partial charge >= 0.3 is 0 Å². The molecular weight excluding hydrogens is 348 g/mol. The number of carbonyl (C=O) groups excluding carboxylic acids is 1. The van der Waals surface area contributed by atoms with Crippen molar-refractivity contribution in [2.24, 2.45) is 0 Å². The van der Waals surface area contributed by atoms with Gasteiger partial charge in [0.2, 0.25) is 5.91 Å². The summed E-state index contributed by atoms with van der Waals surface area (Å²) in [6.07, 6.45) is -1.37. The lowest BCUT2D eigenvalue weighted by molar-refractivity contribution is -0.132. The van der Waals surface area contributed by atoms with Gasteiger partial charge in [0.25, 0.3) is 0 Å². The highest BCUT2D eigenvalue weighted by Crippen LogP contribution is 2.35. The fraction of sp³-hybridized carbons (Fsp3) is 0.318. The minimum atomic E-state index is -1.12. The van der Waals surface area contributed by atoms with E-state index in [1.807, 2.05) is 18.2 Å². The van der Waals surface area contributed by atoms with Crippen molar-refractivity contribution in [1.29, 1.82) is 0 Å². The maximum absolute atomic E-state index is 14.0. The molecule has 1 amide bonds. The molecule has 142 valence electrons. The lowest BCUT2D eigenvalue weighted by atomic mass is 9.98. The Bertz CT molecular complexity index is 809. The van der Waals surface area contributed by atoms with Crippen molar-refractivity contribution in [1.82, 2.24) is 4.90 Å². The Morgan fingerprint density at radius 2 is 1.93 bits per heavy atom. The molecule has 1 saturated heterocycles. The predicted molar refractivity (Wildman–Crippen MR) is 100 cm³/mol. The van der Waals surface area contributed by atoms with Gasteiger partial charge in [0.15, 0.2) is 0 Å². The van der Waals surface area contributed by atoms with E-state index in [1.165, 1.54) is 17.0 Å². The predicted octanol–water partition coefficient (Wildman–Crippen LogP) is 4.51. The summed E-state index contributed by atoms with van der Waals surface area (Å²) in [6.45, 7) is 3.90. The maximum Gasteiger partial charge on any atom is 0.223 e. The quantitative estimate of drug-likeness (QED) is 0.759.